The molecule has 0 saturated carbocycles. The zero-order valence-electron chi connectivity index (χ0n) is 10.2. The van der Waals surface area contributed by atoms with Crippen molar-refractivity contribution in [2.45, 2.75) is 18.9 Å². The van der Waals surface area contributed by atoms with E-state index in [2.05, 4.69) is 5.32 Å². The summed E-state index contributed by atoms with van der Waals surface area (Å²) in [4.78, 5) is 14.2. The zero-order chi connectivity index (χ0) is 13.1. The number of carbonyl (C=O) groups excluding carboxylic acids is 1. The number of hydrogen-bond donors (Lipinski definition) is 1. The molecule has 1 amide bonds. The van der Waals surface area contributed by atoms with Crippen molar-refractivity contribution in [3.63, 3.8) is 0 Å². The van der Waals surface area contributed by atoms with Crippen molar-refractivity contribution in [2.75, 3.05) is 20.1 Å². The first kappa shape index (κ1) is 13.7. The SMILES string of the molecule is CN[C@@H]1CCCN(C(=O)c2cc(Cl)ccc2Cl)C1. The number of rotatable bonds is 2. The second-order valence-corrected chi connectivity index (χ2v) is 5.35. The van der Waals surface area contributed by atoms with Crippen LogP contribution in [-0.4, -0.2) is 37.0 Å². The number of benzene rings is 1. The first-order valence-corrected chi connectivity index (χ1v) is 6.79. The standard InChI is InChI=1S/C13H16Cl2N2O/c1-16-10-3-2-6-17(8-10)13(18)11-7-9(14)4-5-12(11)15/h4-5,7,10,16H,2-3,6,8H2,1H3/t10-/m1/s1. The van der Waals surface area contributed by atoms with Gasteiger partial charge in [-0.1, -0.05) is 23.2 Å². The molecule has 0 radical (unpaired) electrons. The molecule has 1 heterocycles. The molecule has 0 bridgehead atoms. The van der Waals surface area contributed by atoms with Gasteiger partial charge in [0.25, 0.3) is 5.91 Å². The molecule has 1 aliphatic rings. The highest BCUT2D eigenvalue weighted by Crippen LogP contribution is 2.23. The van der Waals surface area contributed by atoms with Crippen molar-refractivity contribution < 1.29 is 4.79 Å². The molecule has 1 atom stereocenters. The van der Waals surface area contributed by atoms with Gasteiger partial charge in [-0.3, -0.25) is 4.79 Å². The Balaban J connectivity index is 2.17. The highest BCUT2D eigenvalue weighted by molar-refractivity contribution is 6.35. The summed E-state index contributed by atoms with van der Waals surface area (Å²) >= 11 is 12.0. The van der Waals surface area contributed by atoms with Gasteiger partial charge in [0, 0.05) is 24.2 Å². The van der Waals surface area contributed by atoms with Gasteiger partial charge in [0.2, 0.25) is 0 Å². The number of likely N-dealkylation sites (tertiary alicyclic amines) is 1. The molecule has 1 N–H and O–H groups in total. The van der Waals surface area contributed by atoms with Gasteiger partial charge in [-0.2, -0.15) is 0 Å². The minimum atomic E-state index is -0.0394. The molecule has 18 heavy (non-hydrogen) atoms. The molecule has 1 saturated heterocycles. The van der Waals surface area contributed by atoms with Crippen LogP contribution in [0.4, 0.5) is 0 Å². The lowest BCUT2D eigenvalue weighted by atomic mass is 10.0. The largest absolute Gasteiger partial charge is 0.337 e. The third kappa shape index (κ3) is 2.97. The smallest absolute Gasteiger partial charge is 0.255 e. The fourth-order valence-corrected chi connectivity index (χ4v) is 2.60. The van der Waals surface area contributed by atoms with E-state index in [1.165, 1.54) is 0 Å². The molecule has 1 aliphatic heterocycles. The molecule has 0 spiro atoms. The topological polar surface area (TPSA) is 32.3 Å². The predicted molar refractivity (Wildman–Crippen MR) is 74.4 cm³/mol. The van der Waals surface area contributed by atoms with Crippen molar-refractivity contribution in [1.82, 2.24) is 10.2 Å². The average molecular weight is 287 g/mol. The quantitative estimate of drug-likeness (QED) is 0.907. The van der Waals surface area contributed by atoms with E-state index in [-0.39, 0.29) is 5.91 Å². The normalized spacial score (nSPS) is 19.9. The van der Waals surface area contributed by atoms with Gasteiger partial charge in [0.1, 0.15) is 0 Å². The number of piperidine rings is 1. The van der Waals surface area contributed by atoms with Crippen LogP contribution in [0.25, 0.3) is 0 Å². The average Bonchev–Trinajstić information content (AvgIpc) is 2.41. The molecule has 98 valence electrons. The van der Waals surface area contributed by atoms with E-state index in [0.29, 0.717) is 21.7 Å². The summed E-state index contributed by atoms with van der Waals surface area (Å²) < 4.78 is 0. The van der Waals surface area contributed by atoms with Gasteiger partial charge >= 0.3 is 0 Å². The van der Waals surface area contributed by atoms with Crippen LogP contribution in [-0.2, 0) is 0 Å². The maximum Gasteiger partial charge on any atom is 0.255 e. The van der Waals surface area contributed by atoms with E-state index >= 15 is 0 Å². The van der Waals surface area contributed by atoms with Gasteiger partial charge in [0.15, 0.2) is 0 Å². The highest BCUT2D eigenvalue weighted by Gasteiger charge is 2.24. The Morgan fingerprint density at radius 3 is 2.94 bits per heavy atom. The van der Waals surface area contributed by atoms with Crippen LogP contribution in [0, 0.1) is 0 Å². The zero-order valence-corrected chi connectivity index (χ0v) is 11.8. The number of nitrogens with zero attached hydrogens (tertiary/aromatic N) is 1. The van der Waals surface area contributed by atoms with E-state index in [1.54, 1.807) is 18.2 Å². The van der Waals surface area contributed by atoms with Gasteiger partial charge in [-0.05, 0) is 38.1 Å². The summed E-state index contributed by atoms with van der Waals surface area (Å²) in [7, 11) is 1.92. The molecule has 1 aromatic carbocycles. The van der Waals surface area contributed by atoms with Crippen molar-refractivity contribution in [3.05, 3.63) is 33.8 Å². The third-order valence-corrected chi connectivity index (χ3v) is 3.84. The number of amides is 1. The molecule has 0 unspecified atom stereocenters. The summed E-state index contributed by atoms with van der Waals surface area (Å²) in [6.07, 6.45) is 2.11. The summed E-state index contributed by atoms with van der Waals surface area (Å²) in [5.41, 5.74) is 0.487. The van der Waals surface area contributed by atoms with Gasteiger partial charge in [-0.25, -0.2) is 0 Å². The molecule has 0 aromatic heterocycles. The van der Waals surface area contributed by atoms with Gasteiger partial charge < -0.3 is 10.2 Å². The fourth-order valence-electron chi connectivity index (χ4n) is 2.23. The molecule has 0 aliphatic carbocycles. The van der Waals surface area contributed by atoms with E-state index in [4.69, 9.17) is 23.2 Å². The number of hydrogen-bond acceptors (Lipinski definition) is 2. The fraction of sp³-hybridized carbons (Fsp3) is 0.462. The van der Waals surface area contributed by atoms with Crippen molar-refractivity contribution >= 4 is 29.1 Å². The molecular formula is C13H16Cl2N2O. The minimum absolute atomic E-state index is 0.0394. The predicted octanol–water partition coefficient (Wildman–Crippen LogP) is 2.82. The van der Waals surface area contributed by atoms with Crippen molar-refractivity contribution in [1.29, 1.82) is 0 Å². The van der Waals surface area contributed by atoms with E-state index in [9.17, 15) is 4.79 Å². The van der Waals surface area contributed by atoms with Crippen LogP contribution in [0.3, 0.4) is 0 Å². The number of carbonyl (C=O) groups is 1. The van der Waals surface area contributed by atoms with Crippen LogP contribution in [0.2, 0.25) is 10.0 Å². The van der Waals surface area contributed by atoms with Crippen LogP contribution < -0.4 is 5.32 Å². The molecule has 5 heteroatoms. The Morgan fingerprint density at radius 2 is 2.22 bits per heavy atom. The molecule has 1 aromatic rings. The van der Waals surface area contributed by atoms with E-state index in [0.717, 1.165) is 25.9 Å². The highest BCUT2D eigenvalue weighted by atomic mass is 35.5. The molecular weight excluding hydrogens is 271 g/mol. The lowest BCUT2D eigenvalue weighted by Gasteiger charge is -2.32. The van der Waals surface area contributed by atoms with Crippen molar-refractivity contribution in [2.24, 2.45) is 0 Å². The van der Waals surface area contributed by atoms with Crippen molar-refractivity contribution in [3.8, 4) is 0 Å². The summed E-state index contributed by atoms with van der Waals surface area (Å²) in [5.74, 6) is -0.0394. The summed E-state index contributed by atoms with van der Waals surface area (Å²) in [6, 6.07) is 5.35. The Morgan fingerprint density at radius 1 is 1.44 bits per heavy atom. The second-order valence-electron chi connectivity index (χ2n) is 4.50. The minimum Gasteiger partial charge on any atom is -0.337 e. The lowest BCUT2D eigenvalue weighted by Crippen LogP contribution is -2.47. The van der Waals surface area contributed by atoms with Crippen LogP contribution in [0.1, 0.15) is 23.2 Å². The Hall–Kier alpha value is -0.770. The Bertz CT molecular complexity index is 451. The monoisotopic (exact) mass is 286 g/mol. The maximum atomic E-state index is 12.4. The second kappa shape index (κ2) is 5.91. The summed E-state index contributed by atoms with van der Waals surface area (Å²) in [5, 5.41) is 4.20. The van der Waals surface area contributed by atoms with Gasteiger partial charge in [-0.15, -0.1) is 0 Å². The Labute approximate surface area is 117 Å². The van der Waals surface area contributed by atoms with Crippen LogP contribution >= 0.6 is 23.2 Å². The third-order valence-electron chi connectivity index (χ3n) is 3.28. The number of likely N-dealkylation sites (N-methyl/N-ethyl adjacent to an activating group) is 1. The van der Waals surface area contributed by atoms with E-state index < -0.39 is 0 Å². The molecule has 2 rings (SSSR count). The number of nitrogens with one attached hydrogen (secondary N) is 1. The van der Waals surface area contributed by atoms with Gasteiger partial charge in [0.05, 0.1) is 10.6 Å². The lowest BCUT2D eigenvalue weighted by molar-refractivity contribution is 0.0698. The summed E-state index contributed by atoms with van der Waals surface area (Å²) in [6.45, 7) is 1.50. The first-order valence-electron chi connectivity index (χ1n) is 6.03. The first-order chi connectivity index (χ1) is 8.61. The van der Waals surface area contributed by atoms with Crippen LogP contribution in [0.5, 0.6) is 0 Å². The number of halogens is 2. The Kier molecular flexibility index (Phi) is 4.49. The maximum absolute atomic E-state index is 12.4. The van der Waals surface area contributed by atoms with E-state index in [1.807, 2.05) is 11.9 Å². The molecule has 1 fully saturated rings. The van der Waals surface area contributed by atoms with Crippen LogP contribution in [0.15, 0.2) is 18.2 Å². The molecule has 3 nitrogen and oxygen atoms in total.